The van der Waals surface area contributed by atoms with E-state index in [-0.39, 0.29) is 17.0 Å². The van der Waals surface area contributed by atoms with Crippen molar-refractivity contribution < 1.29 is 9.18 Å². The number of pyridine rings is 1. The Bertz CT molecular complexity index is 458. The summed E-state index contributed by atoms with van der Waals surface area (Å²) in [4.78, 5) is 16.0. The third-order valence-corrected chi connectivity index (χ3v) is 3.06. The molecule has 0 atom stereocenters. The van der Waals surface area contributed by atoms with Crippen LogP contribution >= 0.6 is 0 Å². The Morgan fingerprint density at radius 3 is 2.89 bits per heavy atom. The summed E-state index contributed by atoms with van der Waals surface area (Å²) in [7, 11) is 0. The van der Waals surface area contributed by atoms with E-state index in [0.29, 0.717) is 12.4 Å². The van der Waals surface area contributed by atoms with Crippen molar-refractivity contribution in [3.63, 3.8) is 0 Å². The van der Waals surface area contributed by atoms with Crippen LogP contribution in [0.1, 0.15) is 43.5 Å². The number of hydrogen-bond donors (Lipinski definition) is 2. The smallest absolute Gasteiger partial charge is 0.255 e. The average Bonchev–Trinajstić information content (AvgIpc) is 3.05. The van der Waals surface area contributed by atoms with Gasteiger partial charge in [-0.1, -0.05) is 6.92 Å². The zero-order valence-electron chi connectivity index (χ0n) is 10.7. The third-order valence-electron chi connectivity index (χ3n) is 3.06. The summed E-state index contributed by atoms with van der Waals surface area (Å²) in [5.74, 6) is -0.316. The van der Waals surface area contributed by atoms with Crippen molar-refractivity contribution in [3.8, 4) is 0 Å². The first-order valence-corrected chi connectivity index (χ1v) is 6.26. The molecule has 98 valence electrons. The Morgan fingerprint density at radius 1 is 1.56 bits per heavy atom. The normalized spacial score (nSPS) is 16.2. The summed E-state index contributed by atoms with van der Waals surface area (Å²) in [6.45, 7) is 4.70. The molecule has 2 N–H and O–H groups in total. The number of nitrogens with one attached hydrogen (secondary N) is 2. The van der Waals surface area contributed by atoms with Crippen LogP contribution in [-0.2, 0) is 0 Å². The van der Waals surface area contributed by atoms with Crippen LogP contribution in [-0.4, -0.2) is 23.0 Å². The maximum atomic E-state index is 13.2. The second kappa shape index (κ2) is 4.92. The molecule has 1 fully saturated rings. The Labute approximate surface area is 106 Å². The molecule has 0 saturated heterocycles. The Hall–Kier alpha value is -1.65. The highest BCUT2D eigenvalue weighted by molar-refractivity contribution is 5.99. The van der Waals surface area contributed by atoms with Gasteiger partial charge in [0.15, 0.2) is 0 Å². The lowest BCUT2D eigenvalue weighted by molar-refractivity contribution is 0.0935. The van der Waals surface area contributed by atoms with E-state index in [2.05, 4.69) is 15.6 Å². The van der Waals surface area contributed by atoms with E-state index in [4.69, 9.17) is 0 Å². The fraction of sp³-hybridized carbons (Fsp3) is 0.538. The van der Waals surface area contributed by atoms with Gasteiger partial charge in [0.05, 0.1) is 11.8 Å². The molecule has 5 heteroatoms. The molecule has 1 heterocycles. The minimum atomic E-state index is -0.497. The van der Waals surface area contributed by atoms with E-state index >= 15 is 0 Å². The molecule has 0 aliphatic heterocycles. The van der Waals surface area contributed by atoms with Gasteiger partial charge in [-0.15, -0.1) is 0 Å². The largest absolute Gasteiger partial charge is 0.369 e. The molecule has 0 aromatic carbocycles. The van der Waals surface area contributed by atoms with Crippen molar-refractivity contribution >= 4 is 11.7 Å². The number of aromatic nitrogens is 1. The van der Waals surface area contributed by atoms with Crippen LogP contribution in [0.25, 0.3) is 0 Å². The second-order valence-electron chi connectivity index (χ2n) is 4.99. The van der Waals surface area contributed by atoms with Crippen LogP contribution in [0.3, 0.4) is 0 Å². The van der Waals surface area contributed by atoms with Crippen LogP contribution in [0.15, 0.2) is 12.3 Å². The van der Waals surface area contributed by atoms with E-state index in [0.717, 1.165) is 25.5 Å². The predicted octanol–water partition coefficient (Wildman–Crippen LogP) is 2.32. The molecule has 1 aliphatic carbocycles. The Balaban J connectivity index is 2.17. The Kier molecular flexibility index (Phi) is 3.50. The monoisotopic (exact) mass is 251 g/mol. The number of anilines is 1. The van der Waals surface area contributed by atoms with E-state index in [9.17, 15) is 9.18 Å². The molecule has 18 heavy (non-hydrogen) atoms. The molecule has 1 aliphatic rings. The fourth-order valence-electron chi connectivity index (χ4n) is 1.65. The summed E-state index contributed by atoms with van der Waals surface area (Å²) in [6.07, 6.45) is 3.98. The number of carbonyl (C=O) groups is 1. The minimum absolute atomic E-state index is 0.120. The van der Waals surface area contributed by atoms with Gasteiger partial charge >= 0.3 is 0 Å². The molecule has 4 nitrogen and oxygen atoms in total. The first-order valence-electron chi connectivity index (χ1n) is 6.26. The third kappa shape index (κ3) is 2.97. The van der Waals surface area contributed by atoms with Gasteiger partial charge in [-0.05, 0) is 32.3 Å². The molecule has 0 spiro atoms. The van der Waals surface area contributed by atoms with Gasteiger partial charge in [0.1, 0.15) is 11.6 Å². The number of hydrogen-bond acceptors (Lipinski definition) is 3. The highest BCUT2D eigenvalue weighted by atomic mass is 19.1. The molecule has 0 unspecified atom stereocenters. The first-order chi connectivity index (χ1) is 8.54. The summed E-state index contributed by atoms with van der Waals surface area (Å²) in [6, 6.07) is 1.23. The molecule has 1 amide bonds. The van der Waals surface area contributed by atoms with Gasteiger partial charge in [-0.2, -0.15) is 0 Å². The first kappa shape index (κ1) is 12.8. The van der Waals surface area contributed by atoms with Gasteiger partial charge in [0.2, 0.25) is 0 Å². The molecule has 2 rings (SSSR count). The predicted molar refractivity (Wildman–Crippen MR) is 68.1 cm³/mol. The topological polar surface area (TPSA) is 54.0 Å². The van der Waals surface area contributed by atoms with E-state index < -0.39 is 5.82 Å². The lowest BCUT2D eigenvalue weighted by Gasteiger charge is -2.14. The maximum absolute atomic E-state index is 13.2. The van der Waals surface area contributed by atoms with E-state index in [1.54, 1.807) is 0 Å². The van der Waals surface area contributed by atoms with Gasteiger partial charge in [-0.3, -0.25) is 4.79 Å². The number of rotatable bonds is 5. The average molecular weight is 251 g/mol. The molecule has 1 aromatic rings. The standard InChI is InChI=1S/C13H18FN3O/c1-3-6-15-11-10(7-9(14)8-16-11)12(18)17-13(2)4-5-13/h7-8H,3-6H2,1-2H3,(H,15,16)(H,17,18). The minimum Gasteiger partial charge on any atom is -0.369 e. The highest BCUT2D eigenvalue weighted by Crippen LogP contribution is 2.34. The SMILES string of the molecule is CCCNc1ncc(F)cc1C(=O)NC1(C)CC1. The summed E-state index contributed by atoms with van der Waals surface area (Å²) >= 11 is 0. The zero-order valence-corrected chi connectivity index (χ0v) is 10.7. The van der Waals surface area contributed by atoms with Crippen molar-refractivity contribution in [1.82, 2.24) is 10.3 Å². The van der Waals surface area contributed by atoms with Crippen molar-refractivity contribution in [2.75, 3.05) is 11.9 Å². The van der Waals surface area contributed by atoms with E-state index in [1.807, 2.05) is 13.8 Å². The second-order valence-corrected chi connectivity index (χ2v) is 4.99. The van der Waals surface area contributed by atoms with Crippen LogP contribution in [0, 0.1) is 5.82 Å². The molecule has 1 aromatic heterocycles. The molecule has 0 bridgehead atoms. The van der Waals surface area contributed by atoms with Crippen LogP contribution < -0.4 is 10.6 Å². The maximum Gasteiger partial charge on any atom is 0.255 e. The summed E-state index contributed by atoms with van der Waals surface area (Å²) in [5.41, 5.74) is 0.155. The lowest BCUT2D eigenvalue weighted by atomic mass is 10.2. The Morgan fingerprint density at radius 2 is 2.28 bits per heavy atom. The van der Waals surface area contributed by atoms with Crippen molar-refractivity contribution in [2.24, 2.45) is 0 Å². The van der Waals surface area contributed by atoms with Crippen molar-refractivity contribution in [2.45, 2.75) is 38.6 Å². The lowest BCUT2D eigenvalue weighted by Crippen LogP contribution is -2.34. The van der Waals surface area contributed by atoms with Crippen molar-refractivity contribution in [3.05, 3.63) is 23.6 Å². The molecule has 1 saturated carbocycles. The number of nitrogens with zero attached hydrogens (tertiary/aromatic N) is 1. The van der Waals surface area contributed by atoms with Crippen LogP contribution in [0.4, 0.5) is 10.2 Å². The van der Waals surface area contributed by atoms with Crippen molar-refractivity contribution in [1.29, 1.82) is 0 Å². The quantitative estimate of drug-likeness (QED) is 0.844. The number of amides is 1. The van der Waals surface area contributed by atoms with E-state index in [1.165, 1.54) is 6.07 Å². The fourth-order valence-corrected chi connectivity index (χ4v) is 1.65. The summed E-state index contributed by atoms with van der Waals surface area (Å²) in [5, 5.41) is 5.94. The zero-order chi connectivity index (χ0) is 13.2. The van der Waals surface area contributed by atoms with Gasteiger partial charge < -0.3 is 10.6 Å². The molecular weight excluding hydrogens is 233 g/mol. The van der Waals surface area contributed by atoms with Gasteiger partial charge in [0.25, 0.3) is 5.91 Å². The molecular formula is C13H18FN3O. The van der Waals surface area contributed by atoms with Crippen LogP contribution in [0.5, 0.6) is 0 Å². The number of halogens is 1. The molecule has 0 radical (unpaired) electrons. The number of carbonyl (C=O) groups excluding carboxylic acids is 1. The van der Waals surface area contributed by atoms with Gasteiger partial charge in [-0.25, -0.2) is 9.37 Å². The highest BCUT2D eigenvalue weighted by Gasteiger charge is 2.39. The van der Waals surface area contributed by atoms with Crippen LogP contribution in [0.2, 0.25) is 0 Å². The summed E-state index contributed by atoms with van der Waals surface area (Å²) < 4.78 is 13.2. The van der Waals surface area contributed by atoms with Gasteiger partial charge in [0, 0.05) is 12.1 Å².